The number of carboxylic acid groups (broad SMARTS) is 1. The van der Waals surface area contributed by atoms with Crippen molar-refractivity contribution in [3.63, 3.8) is 0 Å². The number of ether oxygens (including phenoxy) is 1. The highest BCUT2D eigenvalue weighted by atomic mass is 16.9. The van der Waals surface area contributed by atoms with Gasteiger partial charge in [-0.25, -0.2) is 4.99 Å². The Morgan fingerprint density at radius 3 is 2.85 bits per heavy atom. The van der Waals surface area contributed by atoms with Gasteiger partial charge >= 0.3 is 5.97 Å². The SMILES string of the molecule is COc1cc(C2N=C([C@H](CCCC3CCCCC3)CC(=O)O)ON2O)on1. The van der Waals surface area contributed by atoms with E-state index in [1.807, 2.05) is 0 Å². The molecular formula is C18H27N3O6. The van der Waals surface area contributed by atoms with Crippen LogP contribution < -0.4 is 4.74 Å². The molecule has 0 saturated heterocycles. The normalized spacial score (nSPS) is 22.3. The van der Waals surface area contributed by atoms with Crippen molar-refractivity contribution >= 4 is 11.9 Å². The molecule has 27 heavy (non-hydrogen) atoms. The third kappa shape index (κ3) is 5.20. The number of methoxy groups -OCH3 is 1. The smallest absolute Gasteiger partial charge is 0.304 e. The van der Waals surface area contributed by atoms with E-state index in [-0.39, 0.29) is 24.0 Å². The van der Waals surface area contributed by atoms with Crippen LogP contribution in [0.5, 0.6) is 5.88 Å². The number of rotatable bonds is 9. The van der Waals surface area contributed by atoms with Crippen molar-refractivity contribution < 1.29 is 29.2 Å². The van der Waals surface area contributed by atoms with E-state index in [0.29, 0.717) is 11.6 Å². The molecule has 1 fully saturated rings. The van der Waals surface area contributed by atoms with Gasteiger partial charge in [-0.2, -0.15) is 0 Å². The number of aromatic nitrogens is 1. The minimum Gasteiger partial charge on any atom is -0.481 e. The molecule has 0 bridgehead atoms. The molecule has 1 aromatic heterocycles. The van der Waals surface area contributed by atoms with E-state index in [1.165, 1.54) is 45.3 Å². The molecule has 2 aliphatic rings. The van der Waals surface area contributed by atoms with E-state index >= 15 is 0 Å². The number of carboxylic acids is 1. The Labute approximate surface area is 157 Å². The van der Waals surface area contributed by atoms with Gasteiger partial charge in [0.2, 0.25) is 12.1 Å². The van der Waals surface area contributed by atoms with Crippen LogP contribution >= 0.6 is 0 Å². The first-order chi connectivity index (χ1) is 13.1. The zero-order valence-electron chi connectivity index (χ0n) is 15.5. The molecule has 1 aliphatic carbocycles. The largest absolute Gasteiger partial charge is 0.481 e. The summed E-state index contributed by atoms with van der Waals surface area (Å²) in [6.07, 6.45) is 8.08. The van der Waals surface area contributed by atoms with E-state index in [9.17, 15) is 15.1 Å². The van der Waals surface area contributed by atoms with Crippen LogP contribution in [-0.2, 0) is 9.63 Å². The second-order valence-corrected chi connectivity index (χ2v) is 7.24. The van der Waals surface area contributed by atoms with E-state index in [1.54, 1.807) is 0 Å². The second kappa shape index (κ2) is 9.18. The number of hydroxylamine groups is 2. The van der Waals surface area contributed by atoms with Crippen molar-refractivity contribution in [2.24, 2.45) is 16.8 Å². The van der Waals surface area contributed by atoms with E-state index in [0.717, 1.165) is 18.8 Å². The maximum Gasteiger partial charge on any atom is 0.304 e. The average molecular weight is 381 g/mol. The summed E-state index contributed by atoms with van der Waals surface area (Å²) in [5, 5.41) is 23.5. The molecule has 1 saturated carbocycles. The highest BCUT2D eigenvalue weighted by molar-refractivity contribution is 5.83. The third-order valence-corrected chi connectivity index (χ3v) is 5.28. The van der Waals surface area contributed by atoms with Gasteiger partial charge in [-0.1, -0.05) is 44.9 Å². The molecule has 150 valence electrons. The van der Waals surface area contributed by atoms with Crippen LogP contribution in [0.4, 0.5) is 0 Å². The molecule has 0 amide bonds. The van der Waals surface area contributed by atoms with Gasteiger partial charge in [-0.05, 0) is 17.5 Å². The van der Waals surface area contributed by atoms with Gasteiger partial charge in [0, 0.05) is 17.2 Å². The molecule has 9 nitrogen and oxygen atoms in total. The maximum atomic E-state index is 11.3. The van der Waals surface area contributed by atoms with Crippen LogP contribution in [0.25, 0.3) is 0 Å². The van der Waals surface area contributed by atoms with Crippen LogP contribution in [0, 0.1) is 11.8 Å². The zero-order chi connectivity index (χ0) is 19.2. The molecule has 2 heterocycles. The molecule has 2 atom stereocenters. The van der Waals surface area contributed by atoms with Gasteiger partial charge < -0.3 is 19.2 Å². The predicted octanol–water partition coefficient (Wildman–Crippen LogP) is 3.56. The summed E-state index contributed by atoms with van der Waals surface area (Å²) in [5.41, 5.74) is 0. The molecule has 3 rings (SSSR count). The van der Waals surface area contributed by atoms with Gasteiger partial charge in [-0.15, -0.1) is 0 Å². The summed E-state index contributed by atoms with van der Waals surface area (Å²) in [7, 11) is 1.45. The fourth-order valence-corrected chi connectivity index (χ4v) is 3.83. The molecule has 1 aromatic rings. The lowest BCUT2D eigenvalue weighted by Crippen LogP contribution is -2.24. The highest BCUT2D eigenvalue weighted by Gasteiger charge is 2.36. The number of aliphatic carboxylic acids is 1. The zero-order valence-corrected chi connectivity index (χ0v) is 15.5. The summed E-state index contributed by atoms with van der Waals surface area (Å²) < 4.78 is 10.1. The van der Waals surface area contributed by atoms with Gasteiger partial charge in [0.05, 0.1) is 13.5 Å². The highest BCUT2D eigenvalue weighted by Crippen LogP contribution is 2.33. The van der Waals surface area contributed by atoms with Gasteiger partial charge in [0.25, 0.3) is 5.88 Å². The molecular weight excluding hydrogens is 354 g/mol. The first-order valence-corrected chi connectivity index (χ1v) is 9.53. The van der Waals surface area contributed by atoms with E-state index in [2.05, 4.69) is 10.1 Å². The molecule has 9 heteroatoms. The Morgan fingerprint density at radius 1 is 1.41 bits per heavy atom. The van der Waals surface area contributed by atoms with Crippen molar-refractivity contribution in [2.75, 3.05) is 7.11 Å². The molecule has 0 aromatic carbocycles. The van der Waals surface area contributed by atoms with Crippen LogP contribution in [0.15, 0.2) is 15.6 Å². The number of hydrogen-bond acceptors (Lipinski definition) is 8. The van der Waals surface area contributed by atoms with Gasteiger partial charge in [-0.3, -0.25) is 10.0 Å². The summed E-state index contributed by atoms with van der Waals surface area (Å²) >= 11 is 0. The lowest BCUT2D eigenvalue weighted by atomic mass is 9.84. The van der Waals surface area contributed by atoms with E-state index < -0.39 is 18.1 Å². The first kappa shape index (κ1) is 19.6. The Kier molecular flexibility index (Phi) is 6.68. The minimum atomic E-state index is -0.925. The standard InChI is InChI=1S/C18H27N3O6/c1-25-15-11-14(26-20-15)17-19-18(27-21(17)24)13(10-16(22)23)9-5-8-12-6-3-2-4-7-12/h11-13,17,24H,2-10H2,1H3,(H,22,23)/t13-,17?/m1/s1. The fourth-order valence-electron chi connectivity index (χ4n) is 3.83. The van der Waals surface area contributed by atoms with Crippen molar-refractivity contribution in [3.05, 3.63) is 11.8 Å². The summed E-state index contributed by atoms with van der Waals surface area (Å²) in [6.45, 7) is 0. The monoisotopic (exact) mass is 381 g/mol. The average Bonchev–Trinajstić information content (AvgIpc) is 3.27. The Balaban J connectivity index is 1.62. The van der Waals surface area contributed by atoms with Crippen molar-refractivity contribution in [3.8, 4) is 5.88 Å². The number of aliphatic imine (C=N–C) groups is 1. The number of nitrogens with zero attached hydrogens (tertiary/aromatic N) is 3. The van der Waals surface area contributed by atoms with Crippen molar-refractivity contribution in [2.45, 2.75) is 64.0 Å². The fraction of sp³-hybridized carbons (Fsp3) is 0.722. The summed E-state index contributed by atoms with van der Waals surface area (Å²) in [6, 6.07) is 1.50. The predicted molar refractivity (Wildman–Crippen MR) is 94.1 cm³/mol. The molecule has 0 spiro atoms. The first-order valence-electron chi connectivity index (χ1n) is 9.53. The lowest BCUT2D eigenvalue weighted by molar-refractivity contribution is -0.308. The number of hydrogen-bond donors (Lipinski definition) is 2. The maximum absolute atomic E-state index is 11.3. The molecule has 1 unspecified atom stereocenters. The molecule has 0 radical (unpaired) electrons. The lowest BCUT2D eigenvalue weighted by Gasteiger charge is -2.22. The van der Waals surface area contributed by atoms with Crippen molar-refractivity contribution in [1.29, 1.82) is 0 Å². The quantitative estimate of drug-likeness (QED) is 0.667. The Bertz CT molecular complexity index is 655. The van der Waals surface area contributed by atoms with Crippen molar-refractivity contribution in [1.82, 2.24) is 10.4 Å². The molecule has 1 aliphatic heterocycles. The summed E-state index contributed by atoms with van der Waals surface area (Å²) in [5.74, 6) is 0.148. The second-order valence-electron chi connectivity index (χ2n) is 7.24. The Hall–Kier alpha value is -2.13. The topological polar surface area (TPSA) is 118 Å². The summed E-state index contributed by atoms with van der Waals surface area (Å²) in [4.78, 5) is 20.9. The number of carbonyl (C=O) groups is 1. The van der Waals surface area contributed by atoms with Crippen LogP contribution in [0.2, 0.25) is 0 Å². The molecule has 2 N–H and O–H groups in total. The van der Waals surface area contributed by atoms with Crippen LogP contribution in [0.3, 0.4) is 0 Å². The van der Waals surface area contributed by atoms with Gasteiger partial charge in [0.15, 0.2) is 5.76 Å². The Morgan fingerprint density at radius 2 is 2.19 bits per heavy atom. The van der Waals surface area contributed by atoms with Crippen LogP contribution in [0.1, 0.15) is 69.7 Å². The third-order valence-electron chi connectivity index (χ3n) is 5.28. The van der Waals surface area contributed by atoms with Gasteiger partial charge in [0.1, 0.15) is 0 Å². The van der Waals surface area contributed by atoms with Crippen LogP contribution in [-0.4, -0.2) is 39.7 Å². The van der Waals surface area contributed by atoms with E-state index in [4.69, 9.17) is 14.1 Å². The minimum absolute atomic E-state index is 0.0935.